The van der Waals surface area contributed by atoms with E-state index in [1.807, 2.05) is 13.8 Å². The third-order valence-corrected chi connectivity index (χ3v) is 5.17. The lowest BCUT2D eigenvalue weighted by molar-refractivity contribution is -0.163. The molecule has 0 aromatic heterocycles. The number of ether oxygens (including phenoxy) is 2. The van der Waals surface area contributed by atoms with Crippen LogP contribution in [0.15, 0.2) is 0 Å². The van der Waals surface area contributed by atoms with Gasteiger partial charge in [-0.2, -0.15) is 12.6 Å². The van der Waals surface area contributed by atoms with Gasteiger partial charge in [-0.25, -0.2) is 0 Å². The minimum Gasteiger partial charge on any atom is -0.355 e. The fourth-order valence-electron chi connectivity index (χ4n) is 1.47. The van der Waals surface area contributed by atoms with Gasteiger partial charge < -0.3 is 9.47 Å². The predicted octanol–water partition coefficient (Wildman–Crippen LogP) is 1.64. The van der Waals surface area contributed by atoms with Crippen molar-refractivity contribution in [3.63, 3.8) is 0 Å². The molecule has 0 aliphatic rings. The number of hydrogen-bond donors (Lipinski definition) is 1. The SMILES string of the molecule is CCOC(C)(OCC)[SiH2]C(C)CS. The van der Waals surface area contributed by atoms with Crippen LogP contribution in [0.5, 0.6) is 0 Å². The van der Waals surface area contributed by atoms with Crippen LogP contribution in [0.25, 0.3) is 0 Å². The molecule has 0 radical (unpaired) electrons. The van der Waals surface area contributed by atoms with Gasteiger partial charge in [0.1, 0.15) is 5.41 Å². The summed E-state index contributed by atoms with van der Waals surface area (Å²) in [6.45, 7) is 9.75. The number of thiol groups is 1. The molecule has 4 heteroatoms. The van der Waals surface area contributed by atoms with Crippen LogP contribution in [-0.2, 0) is 9.47 Å². The summed E-state index contributed by atoms with van der Waals surface area (Å²) in [4.78, 5) is 0. The Kier molecular flexibility index (Phi) is 7.13. The minimum absolute atomic E-state index is 0.286. The van der Waals surface area contributed by atoms with Gasteiger partial charge in [-0.1, -0.05) is 6.92 Å². The molecule has 0 bridgehead atoms. The first kappa shape index (κ1) is 13.5. The average Bonchev–Trinajstić information content (AvgIpc) is 2.04. The van der Waals surface area contributed by atoms with Gasteiger partial charge >= 0.3 is 0 Å². The summed E-state index contributed by atoms with van der Waals surface area (Å²) in [5.41, 5.74) is 0.373. The van der Waals surface area contributed by atoms with Crippen molar-refractivity contribution < 1.29 is 9.47 Å². The first-order valence-corrected chi connectivity index (χ1v) is 7.12. The zero-order chi connectivity index (χ0) is 10.3. The standard InChI is InChI=1S/C9H22O2SSi/c1-5-10-9(4,11-6-2)13-8(3)7-12/h8,12H,5-7,13H2,1-4H3. The molecule has 0 aromatic carbocycles. The van der Waals surface area contributed by atoms with E-state index < -0.39 is 0 Å². The van der Waals surface area contributed by atoms with Gasteiger partial charge in [-0.15, -0.1) is 0 Å². The summed E-state index contributed by atoms with van der Waals surface area (Å²) >= 11 is 4.29. The van der Waals surface area contributed by atoms with Gasteiger partial charge in [0.2, 0.25) is 0 Å². The highest BCUT2D eigenvalue weighted by atomic mass is 32.1. The van der Waals surface area contributed by atoms with E-state index in [4.69, 9.17) is 9.47 Å². The molecule has 13 heavy (non-hydrogen) atoms. The van der Waals surface area contributed by atoms with Crippen LogP contribution in [0, 0.1) is 0 Å². The summed E-state index contributed by atoms with van der Waals surface area (Å²) in [6, 6.07) is 0. The van der Waals surface area contributed by atoms with Crippen LogP contribution in [0.3, 0.4) is 0 Å². The van der Waals surface area contributed by atoms with E-state index in [-0.39, 0.29) is 14.9 Å². The van der Waals surface area contributed by atoms with Crippen LogP contribution < -0.4 is 0 Å². The first-order valence-electron chi connectivity index (χ1n) is 4.96. The van der Waals surface area contributed by atoms with Crippen molar-refractivity contribution in [1.82, 2.24) is 0 Å². The van der Waals surface area contributed by atoms with Gasteiger partial charge in [0.25, 0.3) is 0 Å². The molecule has 0 aliphatic heterocycles. The highest BCUT2D eigenvalue weighted by Crippen LogP contribution is 2.18. The zero-order valence-electron chi connectivity index (χ0n) is 9.17. The lowest BCUT2D eigenvalue weighted by atomic mass is 10.6. The van der Waals surface area contributed by atoms with Crippen LogP contribution in [0.2, 0.25) is 5.54 Å². The summed E-state index contributed by atoms with van der Waals surface area (Å²) < 4.78 is 11.3. The Labute approximate surface area is 89.6 Å². The smallest absolute Gasteiger partial charge is 0.142 e. The molecule has 80 valence electrons. The Hall–Kier alpha value is 0.487. The molecule has 2 nitrogen and oxygen atoms in total. The average molecular weight is 222 g/mol. The quantitative estimate of drug-likeness (QED) is 0.401. The maximum Gasteiger partial charge on any atom is 0.142 e. The molecular formula is C9H22O2SSi. The predicted molar refractivity (Wildman–Crippen MR) is 63.5 cm³/mol. The second kappa shape index (κ2) is 6.87. The molecule has 0 heterocycles. The molecule has 0 aromatic rings. The maximum absolute atomic E-state index is 5.65. The Bertz CT molecular complexity index is 127. The van der Waals surface area contributed by atoms with E-state index in [1.165, 1.54) is 0 Å². The van der Waals surface area contributed by atoms with Gasteiger partial charge in [0, 0.05) is 13.2 Å². The van der Waals surface area contributed by atoms with Crippen molar-refractivity contribution in [3.8, 4) is 0 Å². The summed E-state index contributed by atoms with van der Waals surface area (Å²) in [5, 5.41) is 0. The van der Waals surface area contributed by atoms with E-state index in [2.05, 4.69) is 26.5 Å². The molecule has 1 unspecified atom stereocenters. The Balaban J connectivity index is 4.05. The van der Waals surface area contributed by atoms with E-state index in [1.54, 1.807) is 0 Å². The highest BCUT2D eigenvalue weighted by Gasteiger charge is 2.27. The normalized spacial score (nSPS) is 15.5. The van der Waals surface area contributed by atoms with Crippen LogP contribution in [0.1, 0.15) is 27.7 Å². The summed E-state index contributed by atoms with van der Waals surface area (Å²) in [5.74, 6) is 0.933. The largest absolute Gasteiger partial charge is 0.355 e. The van der Waals surface area contributed by atoms with E-state index >= 15 is 0 Å². The van der Waals surface area contributed by atoms with Crippen molar-refractivity contribution in [2.75, 3.05) is 19.0 Å². The van der Waals surface area contributed by atoms with Crippen molar-refractivity contribution in [3.05, 3.63) is 0 Å². The number of rotatable bonds is 7. The molecule has 0 aliphatic carbocycles. The van der Waals surface area contributed by atoms with E-state index in [0.29, 0.717) is 5.54 Å². The zero-order valence-corrected chi connectivity index (χ0v) is 11.5. The molecule has 0 rings (SSSR count). The molecule has 0 spiro atoms. The summed E-state index contributed by atoms with van der Waals surface area (Å²) in [7, 11) is -0.390. The van der Waals surface area contributed by atoms with Gasteiger partial charge in [-0.3, -0.25) is 0 Å². The third-order valence-electron chi connectivity index (χ3n) is 1.93. The third kappa shape index (κ3) is 5.73. The Morgan fingerprint density at radius 1 is 1.31 bits per heavy atom. The highest BCUT2D eigenvalue weighted by molar-refractivity contribution is 7.80. The van der Waals surface area contributed by atoms with Crippen molar-refractivity contribution in [2.24, 2.45) is 0 Å². The topological polar surface area (TPSA) is 18.5 Å². The van der Waals surface area contributed by atoms with E-state index in [0.717, 1.165) is 19.0 Å². The van der Waals surface area contributed by atoms with Gasteiger partial charge in [0.05, 0.1) is 9.52 Å². The molecule has 0 fully saturated rings. The minimum atomic E-state index is -0.390. The lowest BCUT2D eigenvalue weighted by Crippen LogP contribution is -2.41. The summed E-state index contributed by atoms with van der Waals surface area (Å²) in [6.07, 6.45) is 0. The number of hydrogen-bond acceptors (Lipinski definition) is 3. The fraction of sp³-hybridized carbons (Fsp3) is 1.00. The molecule has 0 saturated heterocycles. The molecular weight excluding hydrogens is 200 g/mol. The molecule has 1 atom stereocenters. The second-order valence-electron chi connectivity index (χ2n) is 3.49. The van der Waals surface area contributed by atoms with Crippen molar-refractivity contribution in [2.45, 2.75) is 38.6 Å². The van der Waals surface area contributed by atoms with Crippen molar-refractivity contribution in [1.29, 1.82) is 0 Å². The Morgan fingerprint density at radius 3 is 2.08 bits per heavy atom. The van der Waals surface area contributed by atoms with Crippen LogP contribution in [0.4, 0.5) is 0 Å². The maximum atomic E-state index is 5.65. The van der Waals surface area contributed by atoms with Gasteiger partial charge in [0.15, 0.2) is 0 Å². The van der Waals surface area contributed by atoms with Crippen molar-refractivity contribution >= 4 is 22.1 Å². The molecule has 0 amide bonds. The van der Waals surface area contributed by atoms with E-state index in [9.17, 15) is 0 Å². The lowest BCUT2D eigenvalue weighted by Gasteiger charge is -2.31. The second-order valence-corrected chi connectivity index (χ2v) is 6.94. The monoisotopic (exact) mass is 222 g/mol. The fourth-order valence-corrected chi connectivity index (χ4v) is 3.89. The van der Waals surface area contributed by atoms with Crippen LogP contribution in [-0.4, -0.2) is 33.9 Å². The molecule has 0 saturated carbocycles. The van der Waals surface area contributed by atoms with Gasteiger partial charge in [-0.05, 0) is 32.1 Å². The van der Waals surface area contributed by atoms with Crippen LogP contribution >= 0.6 is 12.6 Å². The molecule has 0 N–H and O–H groups in total. The Morgan fingerprint density at radius 2 is 1.77 bits per heavy atom. The first-order chi connectivity index (χ1) is 6.08.